The Balaban J connectivity index is 2.19. The molecule has 1 aliphatic heterocycles. The lowest BCUT2D eigenvalue weighted by atomic mass is 9.91. The number of carbonyl (C=O) groups excluding carboxylic acids is 1. The molecule has 1 aliphatic rings. The van der Waals surface area contributed by atoms with Crippen molar-refractivity contribution in [2.75, 3.05) is 36.5 Å². The lowest BCUT2D eigenvalue weighted by Crippen LogP contribution is -2.51. The van der Waals surface area contributed by atoms with E-state index in [0.717, 1.165) is 12.3 Å². The normalized spacial score (nSPS) is 17.5. The van der Waals surface area contributed by atoms with E-state index in [1.54, 1.807) is 0 Å². The number of carbonyl (C=O) groups is 1. The van der Waals surface area contributed by atoms with Crippen molar-refractivity contribution in [1.82, 2.24) is 5.32 Å². The summed E-state index contributed by atoms with van der Waals surface area (Å²) in [6.45, 7) is 1.32. The molecule has 7 nitrogen and oxygen atoms in total. The number of hydrogen-bond donors (Lipinski definition) is 3. The van der Waals surface area contributed by atoms with Gasteiger partial charge in [0.15, 0.2) is 0 Å². The largest absolute Gasteiger partial charge is 0.368 e. The number of halogens is 1. The minimum absolute atomic E-state index is 0.220. The minimum atomic E-state index is -3.62. The van der Waals surface area contributed by atoms with Crippen LogP contribution in [-0.2, 0) is 19.6 Å². The van der Waals surface area contributed by atoms with E-state index in [-0.39, 0.29) is 17.3 Å². The van der Waals surface area contributed by atoms with Gasteiger partial charge in [-0.1, -0.05) is 0 Å². The van der Waals surface area contributed by atoms with Crippen LogP contribution in [0.3, 0.4) is 0 Å². The Morgan fingerprint density at radius 3 is 2.57 bits per heavy atom. The van der Waals surface area contributed by atoms with E-state index in [1.807, 2.05) is 0 Å². The first kappa shape index (κ1) is 17.6. The summed E-state index contributed by atoms with van der Waals surface area (Å²) in [5, 5.41) is 5.81. The van der Waals surface area contributed by atoms with Crippen LogP contribution in [0, 0.1) is 5.82 Å². The quantitative estimate of drug-likeness (QED) is 0.737. The van der Waals surface area contributed by atoms with Crippen molar-refractivity contribution in [3.8, 4) is 0 Å². The van der Waals surface area contributed by atoms with Crippen LogP contribution in [0.4, 0.5) is 15.8 Å². The molecule has 1 fully saturated rings. The molecule has 9 heteroatoms. The summed E-state index contributed by atoms with van der Waals surface area (Å²) in [7, 11) is -2.14. The molecule has 0 aromatic heterocycles. The molecule has 0 aliphatic carbocycles. The number of ether oxygens (including phenoxy) is 1. The Kier molecular flexibility index (Phi) is 5.23. The number of anilines is 2. The average Bonchev–Trinajstić information content (AvgIpc) is 2.50. The van der Waals surface area contributed by atoms with Crippen molar-refractivity contribution < 1.29 is 22.3 Å². The zero-order valence-corrected chi connectivity index (χ0v) is 13.8. The molecule has 1 aromatic carbocycles. The molecular formula is C14H20FN3O4S. The highest BCUT2D eigenvalue weighted by Gasteiger charge is 2.39. The summed E-state index contributed by atoms with van der Waals surface area (Å²) < 4.78 is 43.6. The van der Waals surface area contributed by atoms with Gasteiger partial charge in [0.25, 0.3) is 5.91 Å². The van der Waals surface area contributed by atoms with Crippen LogP contribution in [0.5, 0.6) is 0 Å². The van der Waals surface area contributed by atoms with Crippen molar-refractivity contribution >= 4 is 27.3 Å². The summed E-state index contributed by atoms with van der Waals surface area (Å²) in [4.78, 5) is 12.5. The van der Waals surface area contributed by atoms with Gasteiger partial charge in [0, 0.05) is 12.8 Å². The minimum Gasteiger partial charge on any atom is -0.368 e. The number of rotatable bonds is 5. The van der Waals surface area contributed by atoms with Crippen LogP contribution in [0.25, 0.3) is 0 Å². The van der Waals surface area contributed by atoms with Crippen LogP contribution in [-0.4, -0.2) is 46.4 Å². The standard InChI is InChI=1S/C14H20FN3O4S/c1-22-14(5-7-16-8-6-14)13(19)17-10-3-4-11(15)12(9-10)18-23(2,20)21/h3-4,9,16,18H,5-8H2,1-2H3,(H,17,19). The number of methoxy groups -OCH3 is 1. The maximum Gasteiger partial charge on any atom is 0.256 e. The van der Waals surface area contributed by atoms with Crippen molar-refractivity contribution in [3.63, 3.8) is 0 Å². The fraction of sp³-hybridized carbons (Fsp3) is 0.500. The predicted molar refractivity (Wildman–Crippen MR) is 85.3 cm³/mol. The molecule has 1 heterocycles. The highest BCUT2D eigenvalue weighted by atomic mass is 32.2. The van der Waals surface area contributed by atoms with E-state index in [4.69, 9.17) is 4.74 Å². The predicted octanol–water partition coefficient (Wildman–Crippen LogP) is 0.904. The van der Waals surface area contributed by atoms with Gasteiger partial charge in [0.05, 0.1) is 11.9 Å². The molecule has 0 bridgehead atoms. The summed E-state index contributed by atoms with van der Waals surface area (Å²) in [6.07, 6.45) is 1.96. The number of nitrogens with one attached hydrogen (secondary N) is 3. The second-order valence-electron chi connectivity index (χ2n) is 5.47. The van der Waals surface area contributed by atoms with Crippen LogP contribution in [0.2, 0.25) is 0 Å². The Bertz CT molecular complexity index is 687. The second kappa shape index (κ2) is 6.81. The van der Waals surface area contributed by atoms with E-state index in [1.165, 1.54) is 19.2 Å². The summed E-state index contributed by atoms with van der Waals surface area (Å²) in [6, 6.07) is 3.69. The number of hydrogen-bond acceptors (Lipinski definition) is 5. The van der Waals surface area contributed by atoms with Gasteiger partial charge in [0.1, 0.15) is 11.4 Å². The van der Waals surface area contributed by atoms with Gasteiger partial charge in [-0.15, -0.1) is 0 Å². The molecule has 2 rings (SSSR count). The van der Waals surface area contributed by atoms with E-state index in [9.17, 15) is 17.6 Å². The van der Waals surface area contributed by atoms with Crippen molar-refractivity contribution in [3.05, 3.63) is 24.0 Å². The van der Waals surface area contributed by atoms with Gasteiger partial charge in [-0.25, -0.2) is 12.8 Å². The Morgan fingerprint density at radius 2 is 2.00 bits per heavy atom. The molecule has 23 heavy (non-hydrogen) atoms. The number of sulfonamides is 1. The third-order valence-electron chi connectivity index (χ3n) is 3.74. The molecule has 1 amide bonds. The van der Waals surface area contributed by atoms with Gasteiger partial charge < -0.3 is 15.4 Å². The highest BCUT2D eigenvalue weighted by Crippen LogP contribution is 2.26. The summed E-state index contributed by atoms with van der Waals surface area (Å²) in [5.74, 6) is -1.06. The third kappa shape index (κ3) is 4.40. The fourth-order valence-corrected chi connectivity index (χ4v) is 3.04. The zero-order valence-electron chi connectivity index (χ0n) is 13.0. The maximum atomic E-state index is 13.7. The molecule has 0 saturated carbocycles. The van der Waals surface area contributed by atoms with Gasteiger partial charge in [-0.3, -0.25) is 9.52 Å². The zero-order chi connectivity index (χ0) is 17.1. The number of amides is 1. The van der Waals surface area contributed by atoms with Gasteiger partial charge in [0.2, 0.25) is 10.0 Å². The van der Waals surface area contributed by atoms with E-state index < -0.39 is 21.4 Å². The smallest absolute Gasteiger partial charge is 0.256 e. The first-order valence-corrected chi connectivity index (χ1v) is 8.99. The van der Waals surface area contributed by atoms with Crippen LogP contribution >= 0.6 is 0 Å². The Labute approximate surface area is 134 Å². The highest BCUT2D eigenvalue weighted by molar-refractivity contribution is 7.92. The van der Waals surface area contributed by atoms with Crippen LogP contribution < -0.4 is 15.4 Å². The van der Waals surface area contributed by atoms with Crippen molar-refractivity contribution in [2.45, 2.75) is 18.4 Å². The molecule has 3 N–H and O–H groups in total. The van der Waals surface area contributed by atoms with Gasteiger partial charge in [-0.05, 0) is 44.1 Å². The first-order chi connectivity index (χ1) is 10.8. The van der Waals surface area contributed by atoms with Gasteiger partial charge >= 0.3 is 0 Å². The van der Waals surface area contributed by atoms with Crippen LogP contribution in [0.15, 0.2) is 18.2 Å². The monoisotopic (exact) mass is 345 g/mol. The molecule has 0 atom stereocenters. The molecule has 1 saturated heterocycles. The molecule has 0 spiro atoms. The van der Waals surface area contributed by atoms with E-state index >= 15 is 0 Å². The molecule has 0 unspecified atom stereocenters. The van der Waals surface area contributed by atoms with Gasteiger partial charge in [-0.2, -0.15) is 0 Å². The van der Waals surface area contributed by atoms with Crippen LogP contribution in [0.1, 0.15) is 12.8 Å². The topological polar surface area (TPSA) is 96.5 Å². The average molecular weight is 345 g/mol. The summed E-state index contributed by atoms with van der Waals surface area (Å²) in [5.41, 5.74) is -0.871. The first-order valence-electron chi connectivity index (χ1n) is 7.10. The Morgan fingerprint density at radius 1 is 1.35 bits per heavy atom. The lowest BCUT2D eigenvalue weighted by Gasteiger charge is -2.34. The SMILES string of the molecule is COC1(C(=O)Nc2ccc(F)c(NS(C)(=O)=O)c2)CCNCC1. The number of benzene rings is 1. The summed E-state index contributed by atoms with van der Waals surface area (Å²) >= 11 is 0. The number of piperidine rings is 1. The lowest BCUT2D eigenvalue weighted by molar-refractivity contribution is -0.140. The second-order valence-corrected chi connectivity index (χ2v) is 7.22. The molecular weight excluding hydrogens is 325 g/mol. The third-order valence-corrected chi connectivity index (χ3v) is 4.33. The molecule has 1 aromatic rings. The van der Waals surface area contributed by atoms with Crippen molar-refractivity contribution in [2.24, 2.45) is 0 Å². The fourth-order valence-electron chi connectivity index (χ4n) is 2.48. The Hall–Kier alpha value is -1.71. The molecule has 128 valence electrons. The van der Waals surface area contributed by atoms with E-state index in [2.05, 4.69) is 15.4 Å². The van der Waals surface area contributed by atoms with Crippen molar-refractivity contribution in [1.29, 1.82) is 0 Å². The molecule has 0 radical (unpaired) electrons. The maximum absolute atomic E-state index is 13.7. The van der Waals surface area contributed by atoms with E-state index in [0.29, 0.717) is 25.9 Å².